The zero-order valence-electron chi connectivity index (χ0n) is 16.8. The smallest absolute Gasteiger partial charge is 0.381 e. The molecule has 0 spiro atoms. The van der Waals surface area contributed by atoms with Gasteiger partial charge in [0.25, 0.3) is 0 Å². The molecular weight excluding hydrogens is 407 g/mol. The quantitative estimate of drug-likeness (QED) is 0.655. The van der Waals surface area contributed by atoms with Gasteiger partial charge in [0.1, 0.15) is 6.33 Å². The molecule has 0 radical (unpaired) electrons. The maximum atomic E-state index is 13.4. The molecule has 1 aliphatic carbocycles. The molecule has 3 aliphatic rings. The minimum atomic E-state index is -4.39. The topological polar surface area (TPSA) is 74.9 Å². The van der Waals surface area contributed by atoms with Gasteiger partial charge in [-0.2, -0.15) is 13.2 Å². The zero-order valence-corrected chi connectivity index (χ0v) is 16.8. The average molecular weight is 431 g/mol. The summed E-state index contributed by atoms with van der Waals surface area (Å²) in [6, 6.07) is 4.04. The van der Waals surface area contributed by atoms with Crippen LogP contribution in [0.5, 0.6) is 0 Å². The lowest BCUT2D eigenvalue weighted by molar-refractivity contribution is -0.138. The number of fused-ring (bicyclic) bond motifs is 3. The molecule has 3 N–H and O–H groups in total. The second-order valence-electron chi connectivity index (χ2n) is 8.31. The molecule has 1 aromatic carbocycles. The predicted octanol–water partition coefficient (Wildman–Crippen LogP) is 4.70. The van der Waals surface area contributed by atoms with Gasteiger partial charge in [0.05, 0.1) is 17.8 Å². The van der Waals surface area contributed by atoms with E-state index in [1.165, 1.54) is 12.4 Å². The molecule has 6 nitrogen and oxygen atoms in total. The van der Waals surface area contributed by atoms with Gasteiger partial charge in [-0.05, 0) is 37.5 Å². The monoisotopic (exact) mass is 431 g/mol. The van der Waals surface area contributed by atoms with Crippen LogP contribution in [0.15, 0.2) is 48.8 Å². The van der Waals surface area contributed by atoms with Gasteiger partial charge in [0.2, 0.25) is 5.95 Å². The van der Waals surface area contributed by atoms with E-state index in [9.17, 15) is 13.2 Å². The van der Waals surface area contributed by atoms with Crippen LogP contribution >= 0.6 is 0 Å². The first-order valence-corrected chi connectivity index (χ1v) is 10.5. The van der Waals surface area contributed by atoms with Crippen molar-refractivity contribution in [2.45, 2.75) is 43.7 Å². The van der Waals surface area contributed by atoms with Gasteiger partial charge in [-0.25, -0.2) is 4.98 Å². The van der Waals surface area contributed by atoms with Gasteiger partial charge >= 0.3 is 6.18 Å². The molecule has 0 amide bonds. The number of benzene rings is 1. The zero-order chi connectivity index (χ0) is 21.4. The highest BCUT2D eigenvalue weighted by atomic mass is 19.4. The summed E-state index contributed by atoms with van der Waals surface area (Å²) < 4.78 is 46.6. The van der Waals surface area contributed by atoms with Gasteiger partial charge in [-0.15, -0.1) is 5.10 Å². The van der Waals surface area contributed by atoms with Gasteiger partial charge in [-0.1, -0.05) is 24.3 Å². The number of nitrogens with one attached hydrogen (secondary N) is 3. The van der Waals surface area contributed by atoms with E-state index in [-0.39, 0.29) is 24.0 Å². The van der Waals surface area contributed by atoms with Gasteiger partial charge < -0.3 is 15.4 Å². The molecule has 1 unspecified atom stereocenters. The Hall–Kier alpha value is -2.81. The third kappa shape index (κ3) is 4.06. The largest absolute Gasteiger partial charge is 0.416 e. The highest BCUT2D eigenvalue weighted by molar-refractivity contribution is 5.58. The summed E-state index contributed by atoms with van der Waals surface area (Å²) in [5.74, 6) is 0.851. The molecule has 2 aliphatic heterocycles. The van der Waals surface area contributed by atoms with Gasteiger partial charge in [-0.3, -0.25) is 5.10 Å². The Morgan fingerprint density at radius 2 is 2.10 bits per heavy atom. The van der Waals surface area contributed by atoms with Crippen molar-refractivity contribution in [2.75, 3.05) is 17.2 Å². The van der Waals surface area contributed by atoms with Gasteiger partial charge in [0.15, 0.2) is 0 Å². The number of hydrogen-bond acceptors (Lipinski definition) is 5. The lowest BCUT2D eigenvalue weighted by atomic mass is 9.73. The molecule has 9 heteroatoms. The maximum absolute atomic E-state index is 13.4. The Morgan fingerprint density at radius 1 is 1.19 bits per heavy atom. The maximum Gasteiger partial charge on any atom is 0.416 e. The normalized spacial score (nSPS) is 29.7. The molecule has 1 saturated heterocycles. The second-order valence-corrected chi connectivity index (χ2v) is 8.31. The van der Waals surface area contributed by atoms with Crippen molar-refractivity contribution in [3.05, 3.63) is 60.0 Å². The Bertz CT molecular complexity index is 972. The lowest BCUT2D eigenvalue weighted by Crippen LogP contribution is -2.47. The number of ether oxygens (including phenoxy) is 1. The minimum absolute atomic E-state index is 0.0943. The Balaban J connectivity index is 1.43. The molecule has 2 aromatic rings. The minimum Gasteiger partial charge on any atom is -0.381 e. The molecular formula is C22H24F3N5O. The summed E-state index contributed by atoms with van der Waals surface area (Å²) in [5.41, 5.74) is 0.675. The van der Waals surface area contributed by atoms with Crippen LogP contribution in [-0.2, 0) is 10.9 Å². The van der Waals surface area contributed by atoms with Crippen LogP contribution in [0.4, 0.5) is 24.8 Å². The van der Waals surface area contributed by atoms with Crippen LogP contribution in [0.3, 0.4) is 0 Å². The second kappa shape index (κ2) is 8.03. The summed E-state index contributed by atoms with van der Waals surface area (Å²) >= 11 is 0. The molecule has 5 rings (SSSR count). The fourth-order valence-corrected chi connectivity index (χ4v) is 4.91. The van der Waals surface area contributed by atoms with E-state index in [2.05, 4.69) is 38.0 Å². The first kappa shape index (κ1) is 20.1. The van der Waals surface area contributed by atoms with Crippen LogP contribution in [0, 0.1) is 11.8 Å². The summed E-state index contributed by atoms with van der Waals surface area (Å²) in [6.45, 7) is 0.500. The highest BCUT2D eigenvalue weighted by Gasteiger charge is 2.45. The third-order valence-electron chi connectivity index (χ3n) is 6.40. The SMILES string of the molecule is FC(F)(F)c1ccc2c(c1)[C@H]1O[C@@H](CNc3nc[nH]n3)CC[C@H]1[C@H](C1C=CC=CC1)N2. The molecule has 0 bridgehead atoms. The predicted molar refractivity (Wildman–Crippen MR) is 110 cm³/mol. The number of halogens is 3. The summed E-state index contributed by atoms with van der Waals surface area (Å²) in [5, 5.41) is 13.3. The molecule has 3 heterocycles. The van der Waals surface area contributed by atoms with Crippen LogP contribution in [0.25, 0.3) is 0 Å². The van der Waals surface area contributed by atoms with E-state index in [1.807, 2.05) is 12.2 Å². The van der Waals surface area contributed by atoms with E-state index >= 15 is 0 Å². The van der Waals surface area contributed by atoms with Crippen LogP contribution in [0.2, 0.25) is 0 Å². The van der Waals surface area contributed by atoms with Gasteiger partial charge in [0, 0.05) is 35.7 Å². The first-order valence-electron chi connectivity index (χ1n) is 10.5. The Kier molecular flexibility index (Phi) is 5.21. The van der Waals surface area contributed by atoms with Crippen molar-refractivity contribution in [3.8, 4) is 0 Å². The summed E-state index contributed by atoms with van der Waals surface area (Å²) in [6.07, 6.45) is 7.55. The van der Waals surface area contributed by atoms with Crippen LogP contribution < -0.4 is 10.6 Å². The third-order valence-corrected chi connectivity index (χ3v) is 6.40. The van der Waals surface area contributed by atoms with Crippen molar-refractivity contribution in [2.24, 2.45) is 11.8 Å². The average Bonchev–Trinajstić information content (AvgIpc) is 3.30. The van der Waals surface area contributed by atoms with E-state index in [0.717, 1.165) is 31.0 Å². The van der Waals surface area contributed by atoms with Crippen molar-refractivity contribution in [1.82, 2.24) is 15.2 Å². The molecule has 5 atom stereocenters. The number of allylic oxidation sites excluding steroid dienone is 3. The number of aromatic nitrogens is 3. The van der Waals surface area contributed by atoms with Crippen molar-refractivity contribution >= 4 is 11.6 Å². The van der Waals surface area contributed by atoms with E-state index in [4.69, 9.17) is 4.74 Å². The molecule has 1 fully saturated rings. The molecule has 1 aromatic heterocycles. The molecule has 0 saturated carbocycles. The Labute approximate surface area is 178 Å². The Morgan fingerprint density at radius 3 is 2.84 bits per heavy atom. The standard InChI is InChI=1S/C22H24F3N5O/c23-22(24,25)14-6-9-18-17(10-14)20-16(19(29-18)13-4-2-1-3-5-13)8-7-15(31-20)11-26-21-27-12-28-30-21/h1-4,6,9-10,12-13,15-16,19-20,29H,5,7-8,11H2,(H2,26,27,28,30)/t13?,15-,16+,19+,20+/m1/s1. The number of hydrogen-bond donors (Lipinski definition) is 3. The van der Waals surface area contributed by atoms with E-state index < -0.39 is 17.8 Å². The number of alkyl halides is 3. The number of aromatic amines is 1. The number of anilines is 2. The van der Waals surface area contributed by atoms with E-state index in [0.29, 0.717) is 18.1 Å². The van der Waals surface area contributed by atoms with Crippen molar-refractivity contribution in [1.29, 1.82) is 0 Å². The summed E-state index contributed by atoms with van der Waals surface area (Å²) in [7, 11) is 0. The van der Waals surface area contributed by atoms with Crippen molar-refractivity contribution < 1.29 is 17.9 Å². The fraction of sp³-hybridized carbons (Fsp3) is 0.455. The summed E-state index contributed by atoms with van der Waals surface area (Å²) in [4.78, 5) is 4.05. The lowest BCUT2D eigenvalue weighted by Gasteiger charge is -2.47. The van der Waals surface area contributed by atoms with E-state index in [1.54, 1.807) is 6.07 Å². The van der Waals surface area contributed by atoms with Crippen LogP contribution in [0.1, 0.15) is 36.5 Å². The number of H-pyrrole nitrogens is 1. The first-order chi connectivity index (χ1) is 15.0. The fourth-order valence-electron chi connectivity index (χ4n) is 4.91. The number of nitrogens with zero attached hydrogens (tertiary/aromatic N) is 2. The highest BCUT2D eigenvalue weighted by Crippen LogP contribution is 2.49. The van der Waals surface area contributed by atoms with Crippen molar-refractivity contribution in [3.63, 3.8) is 0 Å². The number of rotatable bonds is 4. The molecule has 164 valence electrons. The molecule has 31 heavy (non-hydrogen) atoms. The van der Waals surface area contributed by atoms with Crippen LogP contribution in [-0.4, -0.2) is 33.9 Å².